The predicted octanol–water partition coefficient (Wildman–Crippen LogP) is -2.09. The minimum absolute atomic E-state index is 0.0833. The van der Waals surface area contributed by atoms with Crippen molar-refractivity contribution in [1.82, 2.24) is 5.06 Å². The molecule has 0 unspecified atom stereocenters. The normalized spacial score (nSPS) is 35.9. The molecule has 5 nitrogen and oxygen atoms in total. The Labute approximate surface area is 51.6 Å². The molecule has 0 radical (unpaired) electrons. The molecule has 0 bridgehead atoms. The van der Waals surface area contributed by atoms with Crippen LogP contribution in [0.1, 0.15) is 0 Å². The van der Waals surface area contributed by atoms with Crippen LogP contribution in [0.2, 0.25) is 0 Å². The summed E-state index contributed by atoms with van der Waals surface area (Å²) in [5.74, 6) is -0.623. The highest BCUT2D eigenvalue weighted by molar-refractivity contribution is 5.83. The molecule has 0 aliphatic carbocycles. The summed E-state index contributed by atoms with van der Waals surface area (Å²) in [5, 5.41) is 17.8. The van der Waals surface area contributed by atoms with Gasteiger partial charge in [-0.2, -0.15) is 0 Å². The van der Waals surface area contributed by atoms with Crippen LogP contribution in [-0.4, -0.2) is 40.0 Å². The average Bonchev–Trinajstić information content (AvgIpc) is 1.98. The number of β-amino-alcohol motifs (C(OH)–C–C–N with tert-alkyl or cyclic N) is 1. The van der Waals surface area contributed by atoms with Crippen LogP contribution >= 0.6 is 0 Å². The number of aliphatic hydroxyl groups is 1. The molecule has 9 heavy (non-hydrogen) atoms. The van der Waals surface area contributed by atoms with Gasteiger partial charge in [-0.1, -0.05) is 0 Å². The highest BCUT2D eigenvalue weighted by Crippen LogP contribution is 2.05. The van der Waals surface area contributed by atoms with Gasteiger partial charge in [-0.25, -0.2) is 5.06 Å². The number of nitrogens with zero attached hydrogens (tertiary/aromatic N) is 1. The number of hydroxylamine groups is 2. The molecule has 52 valence electrons. The number of aliphatic hydroxyl groups excluding tert-OH is 1. The molecule has 4 N–H and O–H groups in total. The number of amides is 1. The second-order valence-electron chi connectivity index (χ2n) is 2.01. The van der Waals surface area contributed by atoms with Gasteiger partial charge in [-0.05, 0) is 0 Å². The van der Waals surface area contributed by atoms with Gasteiger partial charge in [-0.15, -0.1) is 0 Å². The van der Waals surface area contributed by atoms with Crippen LogP contribution < -0.4 is 5.73 Å². The van der Waals surface area contributed by atoms with E-state index in [1.54, 1.807) is 0 Å². The topological polar surface area (TPSA) is 86.8 Å². The van der Waals surface area contributed by atoms with Gasteiger partial charge in [0.25, 0.3) is 5.91 Å². The van der Waals surface area contributed by atoms with Gasteiger partial charge in [0.15, 0.2) is 0 Å². The van der Waals surface area contributed by atoms with Crippen molar-refractivity contribution in [3.8, 4) is 0 Å². The van der Waals surface area contributed by atoms with Crippen LogP contribution in [0.4, 0.5) is 0 Å². The maximum absolute atomic E-state index is 10.5. The minimum Gasteiger partial charge on any atom is -0.389 e. The highest BCUT2D eigenvalue weighted by atomic mass is 16.5. The molecular formula is C4H8N2O3. The van der Waals surface area contributed by atoms with Crippen LogP contribution in [-0.2, 0) is 4.79 Å². The Morgan fingerprint density at radius 3 is 2.44 bits per heavy atom. The summed E-state index contributed by atoms with van der Waals surface area (Å²) in [6, 6.07) is -0.949. The zero-order valence-electron chi connectivity index (χ0n) is 4.69. The first kappa shape index (κ1) is 6.47. The maximum Gasteiger partial charge on any atom is 0.265 e. The van der Waals surface area contributed by atoms with Crippen LogP contribution in [0.15, 0.2) is 0 Å². The summed E-state index contributed by atoms with van der Waals surface area (Å²) >= 11 is 0. The quantitative estimate of drug-likeness (QED) is 0.330. The van der Waals surface area contributed by atoms with E-state index in [4.69, 9.17) is 16.0 Å². The summed E-state index contributed by atoms with van der Waals surface area (Å²) in [5.41, 5.74) is 5.11. The first-order chi connectivity index (χ1) is 4.13. The van der Waals surface area contributed by atoms with Crippen molar-refractivity contribution in [2.75, 3.05) is 6.54 Å². The van der Waals surface area contributed by atoms with E-state index in [0.717, 1.165) is 0 Å². The number of carbonyl (C=O) groups excluding carboxylic acids is 1. The summed E-state index contributed by atoms with van der Waals surface area (Å²) in [4.78, 5) is 10.5. The lowest BCUT2D eigenvalue weighted by molar-refractivity contribution is -0.158. The summed E-state index contributed by atoms with van der Waals surface area (Å²) in [7, 11) is 0. The van der Waals surface area contributed by atoms with Crippen molar-refractivity contribution in [3.05, 3.63) is 0 Å². The Hall–Kier alpha value is -0.650. The molecule has 0 aromatic rings. The van der Waals surface area contributed by atoms with E-state index >= 15 is 0 Å². The third-order valence-electron chi connectivity index (χ3n) is 1.31. The lowest BCUT2D eigenvalue weighted by Gasteiger charge is -2.02. The third-order valence-corrected chi connectivity index (χ3v) is 1.31. The zero-order valence-corrected chi connectivity index (χ0v) is 4.69. The minimum atomic E-state index is -0.949. The van der Waals surface area contributed by atoms with E-state index in [-0.39, 0.29) is 6.54 Å². The Balaban J connectivity index is 2.65. The average molecular weight is 132 g/mol. The standard InChI is InChI=1S/C4H8N2O3/c5-3-2(7)1-6(9)4(3)8/h2-3,7,9H,1,5H2/t2-,3-/m0/s1. The number of hydrogen-bond acceptors (Lipinski definition) is 4. The molecule has 0 aromatic heterocycles. The van der Waals surface area contributed by atoms with Gasteiger partial charge in [-0.3, -0.25) is 10.0 Å². The maximum atomic E-state index is 10.5. The third kappa shape index (κ3) is 0.893. The van der Waals surface area contributed by atoms with E-state index in [1.165, 1.54) is 0 Å². The van der Waals surface area contributed by atoms with Crippen molar-refractivity contribution >= 4 is 5.91 Å². The van der Waals surface area contributed by atoms with Gasteiger partial charge in [0.2, 0.25) is 0 Å². The fourth-order valence-electron chi connectivity index (χ4n) is 0.717. The highest BCUT2D eigenvalue weighted by Gasteiger charge is 2.35. The van der Waals surface area contributed by atoms with Crippen molar-refractivity contribution in [2.45, 2.75) is 12.1 Å². The molecule has 0 saturated carbocycles. The van der Waals surface area contributed by atoms with Gasteiger partial charge in [0, 0.05) is 0 Å². The number of nitrogens with two attached hydrogens (primary N) is 1. The fourth-order valence-corrected chi connectivity index (χ4v) is 0.717. The smallest absolute Gasteiger partial charge is 0.265 e. The lowest BCUT2D eigenvalue weighted by Crippen LogP contribution is -2.37. The summed E-state index contributed by atoms with van der Waals surface area (Å²) < 4.78 is 0. The molecule has 1 amide bonds. The van der Waals surface area contributed by atoms with Crippen LogP contribution in [0.25, 0.3) is 0 Å². The van der Waals surface area contributed by atoms with Crippen molar-refractivity contribution in [3.63, 3.8) is 0 Å². The summed E-state index contributed by atoms with van der Waals surface area (Å²) in [6.07, 6.45) is -0.928. The second kappa shape index (κ2) is 1.94. The van der Waals surface area contributed by atoms with Crippen LogP contribution in [0.5, 0.6) is 0 Å². The largest absolute Gasteiger partial charge is 0.389 e. The van der Waals surface area contributed by atoms with Gasteiger partial charge in [0.05, 0.1) is 12.6 Å². The molecular weight excluding hydrogens is 124 g/mol. The molecule has 0 spiro atoms. The predicted molar refractivity (Wildman–Crippen MR) is 27.5 cm³/mol. The lowest BCUT2D eigenvalue weighted by atomic mass is 10.2. The number of rotatable bonds is 0. The molecule has 1 aliphatic rings. The molecule has 1 rings (SSSR count). The molecule has 1 aliphatic heterocycles. The van der Waals surface area contributed by atoms with E-state index < -0.39 is 18.1 Å². The van der Waals surface area contributed by atoms with E-state index in [1.807, 2.05) is 0 Å². The Morgan fingerprint density at radius 2 is 2.33 bits per heavy atom. The fraction of sp³-hybridized carbons (Fsp3) is 0.750. The van der Waals surface area contributed by atoms with Gasteiger partial charge in [0.1, 0.15) is 6.04 Å². The molecule has 2 atom stereocenters. The van der Waals surface area contributed by atoms with Gasteiger partial charge < -0.3 is 10.8 Å². The molecule has 5 heteroatoms. The Kier molecular flexibility index (Phi) is 1.40. The van der Waals surface area contributed by atoms with Crippen LogP contribution in [0.3, 0.4) is 0 Å². The second-order valence-corrected chi connectivity index (χ2v) is 2.01. The van der Waals surface area contributed by atoms with Crippen molar-refractivity contribution in [2.24, 2.45) is 5.73 Å². The number of hydrogen-bond donors (Lipinski definition) is 3. The van der Waals surface area contributed by atoms with E-state index in [9.17, 15) is 4.79 Å². The summed E-state index contributed by atoms with van der Waals surface area (Å²) in [6.45, 7) is -0.0833. The Bertz CT molecular complexity index is 138. The van der Waals surface area contributed by atoms with Gasteiger partial charge >= 0.3 is 0 Å². The van der Waals surface area contributed by atoms with E-state index in [0.29, 0.717) is 5.06 Å². The molecule has 1 saturated heterocycles. The van der Waals surface area contributed by atoms with E-state index in [2.05, 4.69) is 0 Å². The first-order valence-corrected chi connectivity index (χ1v) is 2.57. The van der Waals surface area contributed by atoms with Crippen LogP contribution in [0, 0.1) is 0 Å². The van der Waals surface area contributed by atoms with Crippen molar-refractivity contribution in [1.29, 1.82) is 0 Å². The number of carbonyl (C=O) groups is 1. The molecule has 0 aromatic carbocycles. The van der Waals surface area contributed by atoms with Crippen molar-refractivity contribution < 1.29 is 15.1 Å². The first-order valence-electron chi connectivity index (χ1n) is 2.57. The SMILES string of the molecule is N[C@@H]1C(=O)N(O)C[C@@H]1O. The molecule has 1 heterocycles. The molecule has 1 fully saturated rings. The monoisotopic (exact) mass is 132 g/mol. The Morgan fingerprint density at radius 1 is 1.78 bits per heavy atom. The zero-order chi connectivity index (χ0) is 7.02.